The molecule has 1 aliphatic rings. The lowest BCUT2D eigenvalue weighted by Gasteiger charge is -2.26. The molecule has 2 heterocycles. The molecule has 122 valence electrons. The minimum atomic E-state index is -0.869. The highest BCUT2D eigenvalue weighted by molar-refractivity contribution is 7.11. The van der Waals surface area contributed by atoms with Crippen LogP contribution in [0.4, 0.5) is 8.78 Å². The van der Waals surface area contributed by atoms with E-state index < -0.39 is 11.6 Å². The molecule has 0 spiro atoms. The zero-order valence-corrected chi connectivity index (χ0v) is 13.7. The summed E-state index contributed by atoms with van der Waals surface area (Å²) in [6, 6.07) is 3.57. The number of thiazole rings is 1. The Morgan fingerprint density at radius 1 is 1.39 bits per heavy atom. The number of aromatic nitrogens is 1. The van der Waals surface area contributed by atoms with Crippen molar-refractivity contribution in [1.82, 2.24) is 15.2 Å². The van der Waals surface area contributed by atoms with Crippen LogP contribution in [0.15, 0.2) is 23.7 Å². The molecule has 2 aromatic rings. The highest BCUT2D eigenvalue weighted by Gasteiger charge is 2.35. The minimum absolute atomic E-state index is 0.154. The van der Waals surface area contributed by atoms with Crippen molar-refractivity contribution >= 4 is 17.2 Å². The van der Waals surface area contributed by atoms with Crippen molar-refractivity contribution in [3.8, 4) is 0 Å². The van der Waals surface area contributed by atoms with E-state index in [1.165, 1.54) is 17.4 Å². The molecule has 7 heteroatoms. The zero-order valence-electron chi connectivity index (χ0n) is 12.8. The molecule has 1 amide bonds. The van der Waals surface area contributed by atoms with Gasteiger partial charge < -0.3 is 5.32 Å². The van der Waals surface area contributed by atoms with Gasteiger partial charge in [0.25, 0.3) is 5.91 Å². The van der Waals surface area contributed by atoms with E-state index in [-0.39, 0.29) is 18.0 Å². The highest BCUT2D eigenvalue weighted by Crippen LogP contribution is 2.32. The molecule has 1 fully saturated rings. The summed E-state index contributed by atoms with van der Waals surface area (Å²) in [4.78, 5) is 19.1. The molecule has 4 nitrogen and oxygen atoms in total. The van der Waals surface area contributed by atoms with E-state index in [1.807, 2.05) is 11.9 Å². The van der Waals surface area contributed by atoms with E-state index in [1.54, 1.807) is 18.5 Å². The second kappa shape index (κ2) is 6.33. The van der Waals surface area contributed by atoms with Gasteiger partial charge in [-0.25, -0.2) is 13.8 Å². The zero-order chi connectivity index (χ0) is 16.6. The van der Waals surface area contributed by atoms with Crippen molar-refractivity contribution in [3.05, 3.63) is 51.5 Å². The third-order valence-corrected chi connectivity index (χ3v) is 5.13. The van der Waals surface area contributed by atoms with Crippen LogP contribution in [-0.4, -0.2) is 35.4 Å². The fourth-order valence-electron chi connectivity index (χ4n) is 3.03. The number of nitrogens with one attached hydrogen (secondary N) is 1. The van der Waals surface area contributed by atoms with Crippen LogP contribution in [0.2, 0.25) is 0 Å². The summed E-state index contributed by atoms with van der Waals surface area (Å²) in [5.41, 5.74) is 3.00. The van der Waals surface area contributed by atoms with Crippen LogP contribution in [-0.2, 0) is 0 Å². The lowest BCUT2D eigenvalue weighted by atomic mass is 10.00. The maximum atomic E-state index is 13.5. The molecular formula is C16H17F2N3OS. The van der Waals surface area contributed by atoms with E-state index in [0.717, 1.165) is 19.0 Å². The van der Waals surface area contributed by atoms with Crippen molar-refractivity contribution in [2.45, 2.75) is 25.4 Å². The number of carbonyl (C=O) groups is 1. The summed E-state index contributed by atoms with van der Waals surface area (Å²) < 4.78 is 26.7. The van der Waals surface area contributed by atoms with Gasteiger partial charge in [-0.15, -0.1) is 11.3 Å². The third-order valence-electron chi connectivity index (χ3n) is 4.20. The largest absolute Gasteiger partial charge is 0.347 e. The SMILES string of the molecule is Cc1ncsc1C(=O)N[C@H]1CCN(C)[C@H]1c1ccc(F)c(F)c1. The molecule has 0 radical (unpaired) electrons. The first kappa shape index (κ1) is 16.0. The first-order valence-corrected chi connectivity index (χ1v) is 8.21. The second-order valence-corrected chi connectivity index (χ2v) is 6.59. The van der Waals surface area contributed by atoms with Gasteiger partial charge in [-0.3, -0.25) is 9.69 Å². The molecule has 0 aliphatic carbocycles. The number of likely N-dealkylation sites (tertiary alicyclic amines) is 1. The Hall–Kier alpha value is -1.86. The fourth-order valence-corrected chi connectivity index (χ4v) is 3.74. The van der Waals surface area contributed by atoms with Crippen LogP contribution >= 0.6 is 11.3 Å². The highest BCUT2D eigenvalue weighted by atomic mass is 32.1. The number of amides is 1. The van der Waals surface area contributed by atoms with E-state index in [2.05, 4.69) is 10.3 Å². The number of aryl methyl sites for hydroxylation is 1. The first-order chi connectivity index (χ1) is 11.0. The molecule has 0 unspecified atom stereocenters. The van der Waals surface area contributed by atoms with Crippen LogP contribution in [0, 0.1) is 18.6 Å². The number of rotatable bonds is 3. The number of hydrogen-bond acceptors (Lipinski definition) is 4. The lowest BCUT2D eigenvalue weighted by molar-refractivity contribution is 0.0931. The Balaban J connectivity index is 1.82. The number of carbonyl (C=O) groups excluding carboxylic acids is 1. The van der Waals surface area contributed by atoms with Gasteiger partial charge in [0.05, 0.1) is 23.3 Å². The topological polar surface area (TPSA) is 45.2 Å². The molecule has 1 aliphatic heterocycles. The van der Waals surface area contributed by atoms with Crippen molar-refractivity contribution in [2.75, 3.05) is 13.6 Å². The monoisotopic (exact) mass is 337 g/mol. The van der Waals surface area contributed by atoms with Crippen LogP contribution < -0.4 is 5.32 Å². The van der Waals surface area contributed by atoms with Crippen LogP contribution in [0.5, 0.6) is 0 Å². The van der Waals surface area contributed by atoms with Gasteiger partial charge in [0.2, 0.25) is 0 Å². The Morgan fingerprint density at radius 3 is 2.83 bits per heavy atom. The fraction of sp³-hybridized carbons (Fsp3) is 0.375. The molecule has 1 N–H and O–H groups in total. The van der Waals surface area contributed by atoms with Crippen molar-refractivity contribution < 1.29 is 13.6 Å². The molecule has 1 aromatic carbocycles. The Bertz CT molecular complexity index is 734. The summed E-state index contributed by atoms with van der Waals surface area (Å²) in [5.74, 6) is -1.90. The predicted molar refractivity (Wildman–Crippen MR) is 84.5 cm³/mol. The predicted octanol–water partition coefficient (Wildman–Crippen LogP) is 2.90. The van der Waals surface area contributed by atoms with Gasteiger partial charge in [0.1, 0.15) is 4.88 Å². The lowest BCUT2D eigenvalue weighted by Crippen LogP contribution is -2.39. The third kappa shape index (κ3) is 3.11. The molecular weight excluding hydrogens is 320 g/mol. The van der Waals surface area contributed by atoms with Crippen molar-refractivity contribution in [1.29, 1.82) is 0 Å². The Kier molecular flexibility index (Phi) is 4.41. The van der Waals surface area contributed by atoms with E-state index in [0.29, 0.717) is 16.1 Å². The summed E-state index contributed by atoms with van der Waals surface area (Å²) >= 11 is 1.30. The van der Waals surface area contributed by atoms with Gasteiger partial charge in [-0.05, 0) is 38.1 Å². The summed E-state index contributed by atoms with van der Waals surface area (Å²) in [7, 11) is 1.91. The van der Waals surface area contributed by atoms with Gasteiger partial charge in [0.15, 0.2) is 11.6 Å². The standard InChI is InChI=1S/C16H17F2N3OS/c1-9-15(23-8-19-9)16(22)20-13-5-6-21(2)14(13)10-3-4-11(17)12(18)7-10/h3-4,7-8,13-14H,5-6H2,1-2H3,(H,20,22)/t13-,14-/m0/s1. The molecule has 0 saturated carbocycles. The number of likely N-dealkylation sites (N-methyl/N-ethyl adjacent to an activating group) is 1. The number of hydrogen-bond donors (Lipinski definition) is 1. The average molecular weight is 337 g/mol. The Labute approximate surface area is 137 Å². The maximum Gasteiger partial charge on any atom is 0.263 e. The minimum Gasteiger partial charge on any atom is -0.347 e. The van der Waals surface area contributed by atoms with Crippen molar-refractivity contribution in [2.24, 2.45) is 0 Å². The Morgan fingerprint density at radius 2 is 2.17 bits per heavy atom. The molecule has 1 aromatic heterocycles. The van der Waals surface area contributed by atoms with Gasteiger partial charge >= 0.3 is 0 Å². The summed E-state index contributed by atoms with van der Waals surface area (Å²) in [5, 5.41) is 3.01. The molecule has 2 atom stereocenters. The van der Waals surface area contributed by atoms with E-state index in [9.17, 15) is 13.6 Å². The van der Waals surface area contributed by atoms with Gasteiger partial charge in [-0.2, -0.15) is 0 Å². The van der Waals surface area contributed by atoms with Gasteiger partial charge in [-0.1, -0.05) is 6.07 Å². The molecule has 23 heavy (non-hydrogen) atoms. The van der Waals surface area contributed by atoms with Crippen molar-refractivity contribution in [3.63, 3.8) is 0 Å². The maximum absolute atomic E-state index is 13.5. The molecule has 1 saturated heterocycles. The van der Waals surface area contributed by atoms with Crippen LogP contribution in [0.3, 0.4) is 0 Å². The quantitative estimate of drug-likeness (QED) is 0.937. The second-order valence-electron chi connectivity index (χ2n) is 5.73. The van der Waals surface area contributed by atoms with E-state index in [4.69, 9.17) is 0 Å². The van der Waals surface area contributed by atoms with E-state index >= 15 is 0 Å². The number of nitrogens with zero attached hydrogens (tertiary/aromatic N) is 2. The smallest absolute Gasteiger partial charge is 0.263 e. The average Bonchev–Trinajstić information content (AvgIpc) is 3.08. The number of halogens is 2. The molecule has 3 rings (SSSR count). The van der Waals surface area contributed by atoms with Crippen LogP contribution in [0.25, 0.3) is 0 Å². The molecule has 0 bridgehead atoms. The number of benzene rings is 1. The summed E-state index contributed by atoms with van der Waals surface area (Å²) in [6.45, 7) is 2.56. The van der Waals surface area contributed by atoms with Crippen LogP contribution in [0.1, 0.15) is 33.4 Å². The summed E-state index contributed by atoms with van der Waals surface area (Å²) in [6.07, 6.45) is 0.754. The normalized spacial score (nSPS) is 21.6. The van der Waals surface area contributed by atoms with Gasteiger partial charge in [0, 0.05) is 6.54 Å². The first-order valence-electron chi connectivity index (χ1n) is 7.33.